The number of carbonyl (C=O) groups excluding carboxylic acids is 1. The SMILES string of the molecule is CC(Oc1ccc(Cl)cc1Cl)C(=O)Nc1ccc2nn(-c3ccccc3)nc2c1. The van der Waals surface area contributed by atoms with E-state index < -0.39 is 6.10 Å². The van der Waals surface area contributed by atoms with Gasteiger partial charge in [-0.15, -0.1) is 10.2 Å². The molecule has 0 saturated carbocycles. The molecule has 3 aromatic carbocycles. The third-order valence-electron chi connectivity index (χ3n) is 4.20. The van der Waals surface area contributed by atoms with E-state index in [1.165, 1.54) is 0 Å². The molecule has 1 N–H and O–H groups in total. The Kier molecular flexibility index (Phi) is 5.38. The normalized spacial score (nSPS) is 12.0. The average Bonchev–Trinajstić information content (AvgIpc) is 3.14. The number of amides is 1. The first-order chi connectivity index (χ1) is 14.0. The zero-order chi connectivity index (χ0) is 20.4. The summed E-state index contributed by atoms with van der Waals surface area (Å²) in [5, 5.41) is 12.6. The lowest BCUT2D eigenvalue weighted by molar-refractivity contribution is -0.122. The van der Waals surface area contributed by atoms with Gasteiger partial charge in [-0.1, -0.05) is 41.4 Å². The Morgan fingerprint density at radius 1 is 1.00 bits per heavy atom. The van der Waals surface area contributed by atoms with Gasteiger partial charge in [0.05, 0.1) is 10.7 Å². The summed E-state index contributed by atoms with van der Waals surface area (Å²) in [4.78, 5) is 14.1. The molecule has 6 nitrogen and oxygen atoms in total. The maximum atomic E-state index is 12.5. The van der Waals surface area contributed by atoms with Crippen LogP contribution in [-0.2, 0) is 4.79 Å². The molecule has 0 aliphatic heterocycles. The molecule has 4 rings (SSSR count). The summed E-state index contributed by atoms with van der Waals surface area (Å²) in [5.41, 5.74) is 2.85. The second-order valence-electron chi connectivity index (χ2n) is 6.35. The van der Waals surface area contributed by atoms with Gasteiger partial charge in [-0.25, -0.2) is 0 Å². The molecule has 1 heterocycles. The lowest BCUT2D eigenvalue weighted by Gasteiger charge is -2.15. The highest BCUT2D eigenvalue weighted by Gasteiger charge is 2.17. The van der Waals surface area contributed by atoms with Crippen LogP contribution >= 0.6 is 23.2 Å². The van der Waals surface area contributed by atoms with Gasteiger partial charge < -0.3 is 10.1 Å². The van der Waals surface area contributed by atoms with Crippen molar-refractivity contribution >= 4 is 45.8 Å². The zero-order valence-electron chi connectivity index (χ0n) is 15.3. The predicted octanol–water partition coefficient (Wildman–Crippen LogP) is 5.13. The van der Waals surface area contributed by atoms with Crippen molar-refractivity contribution in [3.05, 3.63) is 76.8 Å². The van der Waals surface area contributed by atoms with Crippen molar-refractivity contribution in [1.29, 1.82) is 0 Å². The number of benzene rings is 3. The van der Waals surface area contributed by atoms with Gasteiger partial charge in [-0.3, -0.25) is 4.79 Å². The molecule has 0 radical (unpaired) electrons. The number of nitrogens with one attached hydrogen (secondary N) is 1. The van der Waals surface area contributed by atoms with Crippen LogP contribution < -0.4 is 10.1 Å². The second kappa shape index (κ2) is 8.11. The fourth-order valence-corrected chi connectivity index (χ4v) is 3.18. The van der Waals surface area contributed by atoms with Crippen LogP contribution in [0.2, 0.25) is 10.0 Å². The summed E-state index contributed by atoms with van der Waals surface area (Å²) in [6.45, 7) is 1.64. The molecule has 0 saturated heterocycles. The van der Waals surface area contributed by atoms with Gasteiger partial charge in [-0.2, -0.15) is 4.80 Å². The predicted molar refractivity (Wildman–Crippen MR) is 114 cm³/mol. The first-order valence-electron chi connectivity index (χ1n) is 8.85. The van der Waals surface area contributed by atoms with Crippen LogP contribution in [0.5, 0.6) is 5.75 Å². The van der Waals surface area contributed by atoms with Crippen LogP contribution in [0.4, 0.5) is 5.69 Å². The zero-order valence-corrected chi connectivity index (χ0v) is 16.9. The van der Waals surface area contributed by atoms with E-state index >= 15 is 0 Å². The number of ether oxygens (including phenoxy) is 1. The molecule has 4 aromatic rings. The number of anilines is 1. The summed E-state index contributed by atoms with van der Waals surface area (Å²) in [5.74, 6) is 0.0748. The fraction of sp³-hybridized carbons (Fsp3) is 0.0952. The summed E-state index contributed by atoms with van der Waals surface area (Å²) in [6.07, 6.45) is -0.760. The molecule has 146 valence electrons. The largest absolute Gasteiger partial charge is 0.479 e. The van der Waals surface area contributed by atoms with Crippen LogP contribution in [0.15, 0.2) is 66.7 Å². The monoisotopic (exact) mass is 426 g/mol. The molecule has 1 aromatic heterocycles. The first-order valence-corrected chi connectivity index (χ1v) is 9.60. The lowest BCUT2D eigenvalue weighted by atomic mass is 10.2. The molecule has 1 unspecified atom stereocenters. The van der Waals surface area contributed by atoms with Crippen LogP contribution in [-0.4, -0.2) is 27.0 Å². The number of halogens is 2. The number of aromatic nitrogens is 3. The van der Waals surface area contributed by atoms with E-state index in [4.69, 9.17) is 27.9 Å². The van der Waals surface area contributed by atoms with Crippen LogP contribution in [0.25, 0.3) is 16.7 Å². The van der Waals surface area contributed by atoms with Gasteiger partial charge in [0.25, 0.3) is 5.91 Å². The standard InChI is InChI=1S/C21H16Cl2N4O2/c1-13(29-20-10-7-14(22)11-17(20)23)21(28)24-15-8-9-18-19(12-15)26-27(25-18)16-5-3-2-4-6-16/h2-13H,1H3,(H,24,28). The first kappa shape index (κ1) is 19.2. The van der Waals surface area contributed by atoms with Gasteiger partial charge in [0, 0.05) is 10.7 Å². The van der Waals surface area contributed by atoms with Gasteiger partial charge in [0.15, 0.2) is 6.10 Å². The van der Waals surface area contributed by atoms with E-state index in [2.05, 4.69) is 15.5 Å². The van der Waals surface area contributed by atoms with E-state index in [0.717, 1.165) is 11.2 Å². The second-order valence-corrected chi connectivity index (χ2v) is 7.20. The molecular weight excluding hydrogens is 411 g/mol. The van der Waals surface area contributed by atoms with Crippen molar-refractivity contribution in [2.45, 2.75) is 13.0 Å². The van der Waals surface area contributed by atoms with Crippen molar-refractivity contribution in [3.8, 4) is 11.4 Å². The Bertz CT molecular complexity index is 1180. The minimum absolute atomic E-state index is 0.314. The molecule has 1 amide bonds. The molecule has 8 heteroatoms. The molecule has 0 aliphatic carbocycles. The Morgan fingerprint density at radius 2 is 1.76 bits per heavy atom. The summed E-state index contributed by atoms with van der Waals surface area (Å²) in [6, 6.07) is 19.8. The Hall–Kier alpha value is -3.09. The number of hydrogen-bond acceptors (Lipinski definition) is 4. The van der Waals surface area contributed by atoms with E-state index in [1.54, 1.807) is 48.1 Å². The molecule has 1 atom stereocenters. The maximum absolute atomic E-state index is 12.5. The number of nitrogens with zero attached hydrogens (tertiary/aromatic N) is 3. The summed E-state index contributed by atoms with van der Waals surface area (Å²) >= 11 is 12.0. The topological polar surface area (TPSA) is 69.0 Å². The fourth-order valence-electron chi connectivity index (χ4n) is 2.73. The van der Waals surface area contributed by atoms with Gasteiger partial charge in [-0.05, 0) is 55.5 Å². The molecule has 0 bridgehead atoms. The lowest BCUT2D eigenvalue weighted by Crippen LogP contribution is -2.30. The number of rotatable bonds is 5. The number of hydrogen-bond donors (Lipinski definition) is 1. The van der Waals surface area contributed by atoms with Crippen molar-refractivity contribution in [1.82, 2.24) is 15.0 Å². The molecule has 0 spiro atoms. The van der Waals surface area contributed by atoms with E-state index in [-0.39, 0.29) is 5.91 Å². The average molecular weight is 427 g/mol. The van der Waals surface area contributed by atoms with E-state index in [9.17, 15) is 4.79 Å². The van der Waals surface area contributed by atoms with Crippen LogP contribution in [0.1, 0.15) is 6.92 Å². The van der Waals surface area contributed by atoms with Crippen molar-refractivity contribution in [2.75, 3.05) is 5.32 Å². The van der Waals surface area contributed by atoms with Crippen molar-refractivity contribution in [2.24, 2.45) is 0 Å². The number of fused-ring (bicyclic) bond motifs is 1. The van der Waals surface area contributed by atoms with Gasteiger partial charge in [0.2, 0.25) is 0 Å². The summed E-state index contributed by atoms with van der Waals surface area (Å²) < 4.78 is 5.65. The molecule has 29 heavy (non-hydrogen) atoms. The van der Waals surface area contributed by atoms with Crippen LogP contribution in [0, 0.1) is 0 Å². The number of para-hydroxylation sites is 1. The maximum Gasteiger partial charge on any atom is 0.265 e. The van der Waals surface area contributed by atoms with Crippen molar-refractivity contribution in [3.63, 3.8) is 0 Å². The van der Waals surface area contributed by atoms with E-state index in [0.29, 0.717) is 27.0 Å². The molecule has 0 aliphatic rings. The summed E-state index contributed by atoms with van der Waals surface area (Å²) in [7, 11) is 0. The van der Waals surface area contributed by atoms with Crippen LogP contribution in [0.3, 0.4) is 0 Å². The van der Waals surface area contributed by atoms with E-state index in [1.807, 2.05) is 30.3 Å². The Morgan fingerprint density at radius 3 is 2.52 bits per heavy atom. The highest BCUT2D eigenvalue weighted by atomic mass is 35.5. The minimum Gasteiger partial charge on any atom is -0.479 e. The van der Waals surface area contributed by atoms with Gasteiger partial charge in [0.1, 0.15) is 16.8 Å². The quantitative estimate of drug-likeness (QED) is 0.479. The Balaban J connectivity index is 1.48. The third-order valence-corrected chi connectivity index (χ3v) is 4.73. The minimum atomic E-state index is -0.760. The molecular formula is C21H16Cl2N4O2. The smallest absolute Gasteiger partial charge is 0.265 e. The van der Waals surface area contributed by atoms with Gasteiger partial charge >= 0.3 is 0 Å². The highest BCUT2D eigenvalue weighted by Crippen LogP contribution is 2.28. The highest BCUT2D eigenvalue weighted by molar-refractivity contribution is 6.35. The third kappa shape index (κ3) is 4.34. The molecule has 0 fully saturated rings. The van der Waals surface area contributed by atoms with Crippen molar-refractivity contribution < 1.29 is 9.53 Å². The Labute approximate surface area is 177 Å². The number of carbonyl (C=O) groups is 1.